The van der Waals surface area contributed by atoms with E-state index in [0.717, 1.165) is 34.4 Å². The fourth-order valence-corrected chi connectivity index (χ4v) is 5.82. The maximum Gasteiger partial charge on any atom is 0.243 e. The average molecular weight is 388 g/mol. The van der Waals surface area contributed by atoms with Gasteiger partial charge in [-0.15, -0.1) is 0 Å². The maximum absolute atomic E-state index is 13.4. The molecule has 5 nitrogen and oxygen atoms in total. The summed E-state index contributed by atoms with van der Waals surface area (Å²) in [4.78, 5) is 0.396. The van der Waals surface area contributed by atoms with Gasteiger partial charge in [-0.25, -0.2) is 8.42 Å². The van der Waals surface area contributed by atoms with Crippen molar-refractivity contribution in [2.24, 2.45) is 0 Å². The summed E-state index contributed by atoms with van der Waals surface area (Å²) < 4.78 is 40.0. The number of ether oxygens (including phenoxy) is 2. The molecule has 0 radical (unpaired) electrons. The van der Waals surface area contributed by atoms with Crippen LogP contribution in [0, 0.1) is 13.8 Å². The quantitative estimate of drug-likeness (QED) is 0.787. The fraction of sp³-hybridized carbons (Fsp3) is 0.429. The number of sulfonamides is 1. The Bertz CT molecular complexity index is 984. The summed E-state index contributed by atoms with van der Waals surface area (Å²) in [5.41, 5.74) is 3.86. The minimum atomic E-state index is -3.57. The van der Waals surface area contributed by atoms with Crippen molar-refractivity contribution >= 4 is 10.0 Å². The molecule has 2 heterocycles. The van der Waals surface area contributed by atoms with Crippen LogP contribution in [0.5, 0.6) is 11.5 Å². The molecule has 0 bridgehead atoms. The summed E-state index contributed by atoms with van der Waals surface area (Å²) in [5, 5.41) is 0. The number of aryl methyl sites for hydroxylation is 2. The van der Waals surface area contributed by atoms with E-state index in [2.05, 4.69) is 0 Å². The maximum atomic E-state index is 13.4. The topological polar surface area (TPSA) is 55.8 Å². The van der Waals surface area contributed by atoms with Gasteiger partial charge in [-0.3, -0.25) is 0 Å². The second-order valence-corrected chi connectivity index (χ2v) is 9.22. The van der Waals surface area contributed by atoms with Crippen LogP contribution in [0.2, 0.25) is 0 Å². The van der Waals surface area contributed by atoms with Gasteiger partial charge < -0.3 is 9.47 Å². The molecule has 0 amide bonds. The van der Waals surface area contributed by atoms with Crippen LogP contribution in [0.15, 0.2) is 35.2 Å². The summed E-state index contributed by atoms with van der Waals surface area (Å²) >= 11 is 0. The molecule has 0 unspecified atom stereocenters. The second kappa shape index (κ2) is 6.84. The van der Waals surface area contributed by atoms with Gasteiger partial charge in [-0.2, -0.15) is 4.31 Å². The van der Waals surface area contributed by atoms with Crippen molar-refractivity contribution in [1.29, 1.82) is 0 Å². The van der Waals surface area contributed by atoms with E-state index in [1.54, 1.807) is 10.4 Å². The van der Waals surface area contributed by atoms with E-state index >= 15 is 0 Å². The Morgan fingerprint density at radius 3 is 2.48 bits per heavy atom. The van der Waals surface area contributed by atoms with Crippen molar-refractivity contribution in [2.45, 2.75) is 44.6 Å². The zero-order valence-electron chi connectivity index (χ0n) is 16.0. The van der Waals surface area contributed by atoms with Crippen molar-refractivity contribution in [3.05, 3.63) is 52.6 Å². The van der Waals surface area contributed by atoms with Gasteiger partial charge in [0.2, 0.25) is 10.0 Å². The van der Waals surface area contributed by atoms with Crippen LogP contribution in [0.1, 0.15) is 41.6 Å². The summed E-state index contributed by atoms with van der Waals surface area (Å²) in [6.45, 7) is 7.44. The number of rotatable bonds is 2. The highest BCUT2D eigenvalue weighted by molar-refractivity contribution is 7.89. The molecule has 0 aliphatic carbocycles. The third-order valence-corrected chi connectivity index (χ3v) is 7.54. The lowest BCUT2D eigenvalue weighted by atomic mass is 9.94. The number of hydrogen-bond acceptors (Lipinski definition) is 4. The Morgan fingerprint density at radius 2 is 1.74 bits per heavy atom. The van der Waals surface area contributed by atoms with E-state index in [-0.39, 0.29) is 6.04 Å². The zero-order chi connectivity index (χ0) is 19.2. The molecular formula is C21H25NO4S. The predicted octanol–water partition coefficient (Wildman–Crippen LogP) is 3.77. The minimum absolute atomic E-state index is 0.254. The summed E-state index contributed by atoms with van der Waals surface area (Å²) in [6.07, 6.45) is 1.52. The molecule has 0 aromatic heterocycles. The molecule has 0 saturated carbocycles. The van der Waals surface area contributed by atoms with E-state index in [9.17, 15) is 8.42 Å². The molecular weight excluding hydrogens is 362 g/mol. The van der Waals surface area contributed by atoms with Gasteiger partial charge >= 0.3 is 0 Å². The van der Waals surface area contributed by atoms with Crippen molar-refractivity contribution in [3.8, 4) is 11.5 Å². The van der Waals surface area contributed by atoms with Gasteiger partial charge in [0.15, 0.2) is 11.5 Å². The third kappa shape index (κ3) is 3.21. The highest BCUT2D eigenvalue weighted by Crippen LogP contribution is 2.41. The van der Waals surface area contributed by atoms with Gasteiger partial charge in [0.25, 0.3) is 0 Å². The van der Waals surface area contributed by atoms with E-state index in [1.165, 1.54) is 0 Å². The summed E-state index contributed by atoms with van der Waals surface area (Å²) in [5.74, 6) is 1.48. The van der Waals surface area contributed by atoms with Crippen LogP contribution in [0.25, 0.3) is 0 Å². The molecule has 144 valence electrons. The molecule has 2 aliphatic heterocycles. The van der Waals surface area contributed by atoms with Crippen molar-refractivity contribution in [1.82, 2.24) is 4.31 Å². The van der Waals surface area contributed by atoms with E-state index in [4.69, 9.17) is 9.47 Å². The molecule has 0 fully saturated rings. The standard InChI is InChI=1S/C21H25NO4S/c1-14-5-6-15(2)21(11-14)27(23,24)22-8-7-17-12-19-20(13-18(17)16(22)3)26-10-4-9-25-19/h5-6,11-13,16H,4,7-10H2,1-3H3/t16-/m0/s1. The number of benzene rings is 2. The van der Waals surface area contributed by atoms with Gasteiger partial charge in [-0.1, -0.05) is 12.1 Å². The first kappa shape index (κ1) is 18.3. The van der Waals surface area contributed by atoms with Crippen LogP contribution in [0.4, 0.5) is 0 Å². The molecule has 2 aromatic carbocycles. The van der Waals surface area contributed by atoms with Gasteiger partial charge in [-0.05, 0) is 67.6 Å². The Hall–Kier alpha value is -2.05. The molecule has 27 heavy (non-hydrogen) atoms. The lowest BCUT2D eigenvalue weighted by molar-refractivity contribution is 0.296. The first-order valence-electron chi connectivity index (χ1n) is 9.39. The molecule has 2 aromatic rings. The molecule has 2 aliphatic rings. The normalized spacial score (nSPS) is 20.0. The SMILES string of the molecule is Cc1ccc(C)c(S(=O)(=O)N2CCc3cc4c(cc3[C@@H]2C)OCCCO4)c1. The highest BCUT2D eigenvalue weighted by Gasteiger charge is 2.35. The van der Waals surface area contributed by atoms with Crippen molar-refractivity contribution in [2.75, 3.05) is 19.8 Å². The van der Waals surface area contributed by atoms with Gasteiger partial charge in [0, 0.05) is 19.0 Å². The van der Waals surface area contributed by atoms with Crippen molar-refractivity contribution < 1.29 is 17.9 Å². The van der Waals surface area contributed by atoms with Crippen LogP contribution in [0.3, 0.4) is 0 Å². The first-order valence-corrected chi connectivity index (χ1v) is 10.8. The summed E-state index contributed by atoms with van der Waals surface area (Å²) in [7, 11) is -3.57. The van der Waals surface area contributed by atoms with Gasteiger partial charge in [0.05, 0.1) is 18.1 Å². The minimum Gasteiger partial charge on any atom is -0.490 e. The highest BCUT2D eigenvalue weighted by atomic mass is 32.2. The molecule has 4 rings (SSSR count). The fourth-order valence-electron chi connectivity index (χ4n) is 3.89. The number of fused-ring (bicyclic) bond motifs is 2. The molecule has 1 atom stereocenters. The Labute approximate surface area is 161 Å². The van der Waals surface area contributed by atoms with Crippen molar-refractivity contribution in [3.63, 3.8) is 0 Å². The predicted molar refractivity (Wildman–Crippen MR) is 104 cm³/mol. The second-order valence-electron chi connectivity index (χ2n) is 7.36. The van der Waals surface area contributed by atoms with Crippen LogP contribution < -0.4 is 9.47 Å². The smallest absolute Gasteiger partial charge is 0.243 e. The summed E-state index contributed by atoms with van der Waals surface area (Å²) in [6, 6.07) is 9.31. The van der Waals surface area contributed by atoms with Crippen LogP contribution >= 0.6 is 0 Å². The van der Waals surface area contributed by atoms with Gasteiger partial charge in [0.1, 0.15) is 0 Å². The number of hydrogen-bond donors (Lipinski definition) is 0. The molecule has 0 saturated heterocycles. The van der Waals surface area contributed by atoms with Crippen LogP contribution in [-0.4, -0.2) is 32.5 Å². The zero-order valence-corrected chi connectivity index (χ0v) is 16.8. The lowest BCUT2D eigenvalue weighted by Crippen LogP contribution is -2.39. The van der Waals surface area contributed by atoms with E-state index < -0.39 is 10.0 Å². The molecule has 0 N–H and O–H groups in total. The van der Waals surface area contributed by atoms with E-state index in [0.29, 0.717) is 36.8 Å². The first-order chi connectivity index (χ1) is 12.9. The Kier molecular flexibility index (Phi) is 4.64. The Balaban J connectivity index is 1.74. The molecule has 6 heteroatoms. The molecule has 0 spiro atoms. The van der Waals surface area contributed by atoms with E-state index in [1.807, 2.05) is 45.0 Å². The third-order valence-electron chi connectivity index (χ3n) is 5.42. The lowest BCUT2D eigenvalue weighted by Gasteiger charge is -2.35. The van der Waals surface area contributed by atoms with Crippen LogP contribution in [-0.2, 0) is 16.4 Å². The number of nitrogens with zero attached hydrogens (tertiary/aromatic N) is 1. The Morgan fingerprint density at radius 1 is 1.04 bits per heavy atom. The largest absolute Gasteiger partial charge is 0.490 e. The monoisotopic (exact) mass is 387 g/mol. The average Bonchev–Trinajstić information content (AvgIpc) is 2.87.